The van der Waals surface area contributed by atoms with Gasteiger partial charge in [-0.2, -0.15) is 0 Å². The molecule has 3 aliphatic heterocycles. The van der Waals surface area contributed by atoms with Crippen molar-refractivity contribution >= 4 is 42.2 Å². The molecule has 6 unspecified atom stereocenters. The Morgan fingerprint density at radius 2 is 1.40 bits per heavy atom. The number of hydrazone groups is 1. The van der Waals surface area contributed by atoms with Gasteiger partial charge in [-0.25, -0.2) is 24.4 Å². The van der Waals surface area contributed by atoms with Gasteiger partial charge in [-0.1, -0.05) is 54.6 Å². The van der Waals surface area contributed by atoms with Crippen LogP contribution in [0.3, 0.4) is 0 Å². The maximum absolute atomic E-state index is 13.5. The van der Waals surface area contributed by atoms with Crippen LogP contribution in [0.15, 0.2) is 106 Å². The van der Waals surface area contributed by atoms with Crippen molar-refractivity contribution in [3.05, 3.63) is 108 Å². The quantitative estimate of drug-likeness (QED) is 0.146. The number of ether oxygens (including phenoxy) is 4. The van der Waals surface area contributed by atoms with Gasteiger partial charge in [-0.3, -0.25) is 9.80 Å². The fourth-order valence-corrected chi connectivity index (χ4v) is 5.64. The lowest BCUT2D eigenvalue weighted by Crippen LogP contribution is -2.49. The Morgan fingerprint density at radius 1 is 0.854 bits per heavy atom. The topological polar surface area (TPSA) is 149 Å². The second-order valence-corrected chi connectivity index (χ2v) is 11.5. The molecule has 13 heteroatoms. The molecule has 246 valence electrons. The van der Waals surface area contributed by atoms with E-state index in [4.69, 9.17) is 18.9 Å². The summed E-state index contributed by atoms with van der Waals surface area (Å²) in [7, 11) is 3.59. The van der Waals surface area contributed by atoms with Crippen molar-refractivity contribution in [2.75, 3.05) is 20.7 Å². The van der Waals surface area contributed by atoms with Crippen molar-refractivity contribution in [1.29, 1.82) is 0 Å². The number of benzene rings is 3. The number of Topliss-reactive ketones (excluding diaryl/α,β-unsaturated/α-hetero) is 1. The molecule has 0 N–H and O–H groups in total. The Morgan fingerprint density at radius 3 is 1.96 bits per heavy atom. The Kier molecular flexibility index (Phi) is 9.67. The number of hydrogen-bond donors (Lipinski definition) is 0. The van der Waals surface area contributed by atoms with Gasteiger partial charge in [-0.05, 0) is 36.4 Å². The molecule has 0 saturated carbocycles. The Hall–Kier alpha value is -5.69. The fraction of sp³-hybridized carbons (Fsp3) is 0.286. The number of esters is 3. The zero-order valence-electron chi connectivity index (χ0n) is 26.2. The predicted molar refractivity (Wildman–Crippen MR) is 174 cm³/mol. The molecule has 3 aliphatic rings. The molecule has 0 aliphatic carbocycles. The summed E-state index contributed by atoms with van der Waals surface area (Å²) >= 11 is 0. The van der Waals surface area contributed by atoms with Crippen LogP contribution in [0.5, 0.6) is 0 Å². The number of guanidine groups is 1. The summed E-state index contributed by atoms with van der Waals surface area (Å²) in [5.74, 6) is -2.09. The summed E-state index contributed by atoms with van der Waals surface area (Å²) in [6.45, 7) is -0.344. The molecule has 3 aromatic rings. The third-order valence-corrected chi connectivity index (χ3v) is 7.92. The first-order chi connectivity index (χ1) is 23.3. The lowest BCUT2D eigenvalue weighted by atomic mass is 9.99. The Bertz CT molecular complexity index is 1730. The first kappa shape index (κ1) is 32.3. The lowest BCUT2D eigenvalue weighted by molar-refractivity contribution is -0.118. The minimum absolute atomic E-state index is 0.0369. The van der Waals surface area contributed by atoms with E-state index in [0.29, 0.717) is 5.56 Å². The van der Waals surface area contributed by atoms with Crippen molar-refractivity contribution < 1.29 is 38.1 Å². The van der Waals surface area contributed by atoms with E-state index in [1.54, 1.807) is 110 Å². The van der Waals surface area contributed by atoms with Crippen LogP contribution in [0.4, 0.5) is 0 Å². The average molecular weight is 652 g/mol. The summed E-state index contributed by atoms with van der Waals surface area (Å²) in [5.41, 5.74) is 0.825. The second-order valence-electron chi connectivity index (χ2n) is 11.5. The maximum Gasteiger partial charge on any atom is 0.338 e. The maximum atomic E-state index is 13.5. The molecule has 0 radical (unpaired) electrons. The minimum Gasteiger partial charge on any atom is -0.459 e. The van der Waals surface area contributed by atoms with E-state index in [9.17, 15) is 19.2 Å². The van der Waals surface area contributed by atoms with Crippen LogP contribution in [0.2, 0.25) is 0 Å². The predicted octanol–water partition coefficient (Wildman–Crippen LogP) is 3.02. The monoisotopic (exact) mass is 651 g/mol. The van der Waals surface area contributed by atoms with Crippen LogP contribution in [-0.2, 0) is 23.7 Å². The van der Waals surface area contributed by atoms with Gasteiger partial charge in [0.25, 0.3) is 5.96 Å². The van der Waals surface area contributed by atoms with E-state index >= 15 is 0 Å². The summed E-state index contributed by atoms with van der Waals surface area (Å²) < 4.78 is 24.2. The van der Waals surface area contributed by atoms with Crippen LogP contribution in [0.25, 0.3) is 0 Å². The molecule has 0 aromatic heterocycles. The van der Waals surface area contributed by atoms with E-state index in [1.807, 2.05) is 0 Å². The van der Waals surface area contributed by atoms with Crippen molar-refractivity contribution in [3.63, 3.8) is 0 Å². The van der Waals surface area contributed by atoms with E-state index < -0.39 is 54.4 Å². The number of fused-ring (bicyclic) bond motifs is 1. The smallest absolute Gasteiger partial charge is 0.338 e. The zero-order valence-corrected chi connectivity index (χ0v) is 26.2. The van der Waals surface area contributed by atoms with Gasteiger partial charge in [0.15, 0.2) is 18.0 Å². The van der Waals surface area contributed by atoms with E-state index in [-0.39, 0.29) is 35.9 Å². The highest BCUT2D eigenvalue weighted by molar-refractivity contribution is 6.06. The first-order valence-electron chi connectivity index (χ1n) is 15.3. The summed E-state index contributed by atoms with van der Waals surface area (Å²) in [6.07, 6.45) is -1.64. The molecule has 0 bridgehead atoms. The molecular formula is C35H33N5O8. The third kappa shape index (κ3) is 7.15. The number of ketones is 1. The summed E-state index contributed by atoms with van der Waals surface area (Å²) in [5, 5.41) is 6.06. The molecule has 6 atom stereocenters. The molecule has 48 heavy (non-hydrogen) atoms. The summed E-state index contributed by atoms with van der Waals surface area (Å²) in [6, 6.07) is 23.4. The summed E-state index contributed by atoms with van der Waals surface area (Å²) in [4.78, 5) is 63.3. The van der Waals surface area contributed by atoms with Crippen molar-refractivity contribution in [2.24, 2.45) is 15.1 Å². The average Bonchev–Trinajstić information content (AvgIpc) is 3.62. The Balaban J connectivity index is 1.35. The zero-order chi connectivity index (χ0) is 33.6. The van der Waals surface area contributed by atoms with Crippen molar-refractivity contribution in [1.82, 2.24) is 9.91 Å². The van der Waals surface area contributed by atoms with Gasteiger partial charge in [0.05, 0.1) is 29.1 Å². The van der Waals surface area contributed by atoms with Gasteiger partial charge in [0, 0.05) is 26.7 Å². The van der Waals surface area contributed by atoms with Crippen molar-refractivity contribution in [3.8, 4) is 0 Å². The van der Waals surface area contributed by atoms with E-state index in [2.05, 4.69) is 15.1 Å². The Labute approximate surface area is 276 Å². The highest BCUT2D eigenvalue weighted by atomic mass is 16.7. The fourth-order valence-electron chi connectivity index (χ4n) is 5.64. The molecule has 2 saturated heterocycles. The van der Waals surface area contributed by atoms with Crippen LogP contribution in [0.1, 0.15) is 37.5 Å². The minimum atomic E-state index is -1.23. The van der Waals surface area contributed by atoms with E-state index in [1.165, 1.54) is 17.6 Å². The largest absolute Gasteiger partial charge is 0.459 e. The van der Waals surface area contributed by atoms with E-state index in [0.717, 1.165) is 0 Å². The normalized spacial score (nSPS) is 24.6. The number of carbonyl (C=O) groups excluding carboxylic acids is 4. The number of nitrogens with zero attached hydrogens (tertiary/aromatic N) is 5. The van der Waals surface area contributed by atoms with Crippen LogP contribution < -0.4 is 0 Å². The molecule has 6 rings (SSSR count). The molecule has 0 spiro atoms. The molecule has 0 amide bonds. The number of hydrogen-bond acceptors (Lipinski definition) is 12. The number of aliphatic imine (C=N–C) groups is 2. The highest BCUT2D eigenvalue weighted by Gasteiger charge is 2.57. The highest BCUT2D eigenvalue weighted by Crippen LogP contribution is 2.37. The third-order valence-electron chi connectivity index (χ3n) is 7.92. The SMILES string of the molecule is CN(C)C=NC1=NN2C(C=N1)C(=O)CC2C1OC(COC(=O)c2ccccc2)C(OC(=O)c2ccccc2)C1OC(=O)c1ccccc1. The molecule has 3 heterocycles. The molecule has 2 fully saturated rings. The molecule has 13 nitrogen and oxygen atoms in total. The standard InChI is InChI=1S/C35H33N5O8/c1-39(2)21-37-35-36-19-26-27(41)18-25(40(26)38-35)29-31(48-34(44)24-16-10-5-11-17-24)30(47-33(43)23-14-8-4-9-15-23)28(46-29)20-45-32(42)22-12-6-3-7-13-22/h3-17,19,21,25-26,28-31H,18,20H2,1-2H3. The molecular weight excluding hydrogens is 618 g/mol. The first-order valence-corrected chi connectivity index (χ1v) is 15.3. The van der Waals surface area contributed by atoms with Gasteiger partial charge in [0.1, 0.15) is 24.9 Å². The van der Waals surface area contributed by atoms with Gasteiger partial charge in [-0.15, -0.1) is 5.10 Å². The second kappa shape index (κ2) is 14.4. The van der Waals surface area contributed by atoms with Crippen LogP contribution in [-0.4, -0.2) is 109 Å². The number of carbonyl (C=O) groups is 4. The molecule has 3 aromatic carbocycles. The lowest BCUT2D eigenvalue weighted by Gasteiger charge is -2.32. The van der Waals surface area contributed by atoms with Gasteiger partial charge >= 0.3 is 17.9 Å². The van der Waals surface area contributed by atoms with Gasteiger partial charge < -0.3 is 23.8 Å². The van der Waals surface area contributed by atoms with Crippen molar-refractivity contribution in [2.45, 2.75) is 42.9 Å². The van der Waals surface area contributed by atoms with Crippen LogP contribution in [0, 0.1) is 0 Å². The number of rotatable bonds is 9. The van der Waals surface area contributed by atoms with Gasteiger partial charge in [0.2, 0.25) is 0 Å². The van der Waals surface area contributed by atoms with Crippen LogP contribution >= 0.6 is 0 Å².